The van der Waals surface area contributed by atoms with E-state index in [4.69, 9.17) is 5.73 Å². The van der Waals surface area contributed by atoms with E-state index in [9.17, 15) is 9.59 Å². The standard InChI is InChI=1S/C13H19N3O2S/c1-9-15-11(8-19-9)2-3-12(17)16-6-4-10(5-7-16)13(14)18/h8,10H,2-7H2,1H3,(H2,14,18). The van der Waals surface area contributed by atoms with E-state index in [-0.39, 0.29) is 17.7 Å². The Balaban J connectivity index is 1.77. The highest BCUT2D eigenvalue weighted by molar-refractivity contribution is 7.09. The number of carbonyl (C=O) groups is 2. The maximum absolute atomic E-state index is 12.0. The quantitative estimate of drug-likeness (QED) is 0.898. The number of amides is 2. The van der Waals surface area contributed by atoms with Crippen LogP contribution in [-0.2, 0) is 16.0 Å². The lowest BCUT2D eigenvalue weighted by atomic mass is 9.96. The van der Waals surface area contributed by atoms with Gasteiger partial charge in [0.2, 0.25) is 11.8 Å². The first-order chi connectivity index (χ1) is 9.06. The van der Waals surface area contributed by atoms with Crippen molar-refractivity contribution in [3.8, 4) is 0 Å². The molecule has 5 nitrogen and oxygen atoms in total. The molecular weight excluding hydrogens is 262 g/mol. The predicted octanol–water partition coefficient (Wildman–Crippen LogP) is 1.11. The molecule has 0 aromatic carbocycles. The van der Waals surface area contributed by atoms with Gasteiger partial charge in [0, 0.05) is 30.8 Å². The molecule has 6 heteroatoms. The van der Waals surface area contributed by atoms with Crippen LogP contribution in [0, 0.1) is 12.8 Å². The number of piperidine rings is 1. The molecule has 0 bridgehead atoms. The van der Waals surface area contributed by atoms with Crippen LogP contribution in [0.3, 0.4) is 0 Å². The van der Waals surface area contributed by atoms with Crippen molar-refractivity contribution in [1.29, 1.82) is 0 Å². The van der Waals surface area contributed by atoms with Crippen molar-refractivity contribution in [2.45, 2.75) is 32.6 Å². The maximum Gasteiger partial charge on any atom is 0.222 e. The number of nitrogens with two attached hydrogens (primary N) is 1. The van der Waals surface area contributed by atoms with E-state index in [0.717, 1.165) is 10.7 Å². The highest BCUT2D eigenvalue weighted by Gasteiger charge is 2.25. The molecule has 1 fully saturated rings. The van der Waals surface area contributed by atoms with Gasteiger partial charge in [-0.1, -0.05) is 0 Å². The van der Waals surface area contributed by atoms with Crippen LogP contribution in [0.25, 0.3) is 0 Å². The Morgan fingerprint density at radius 1 is 1.47 bits per heavy atom. The van der Waals surface area contributed by atoms with E-state index in [1.54, 1.807) is 11.3 Å². The van der Waals surface area contributed by atoms with Gasteiger partial charge in [0.15, 0.2) is 0 Å². The first kappa shape index (κ1) is 14.0. The molecule has 0 saturated carbocycles. The van der Waals surface area contributed by atoms with Gasteiger partial charge in [-0.15, -0.1) is 11.3 Å². The van der Waals surface area contributed by atoms with Gasteiger partial charge in [-0.25, -0.2) is 4.98 Å². The second-order valence-corrected chi connectivity index (χ2v) is 5.98. The first-order valence-electron chi connectivity index (χ1n) is 6.54. The largest absolute Gasteiger partial charge is 0.369 e. The molecule has 2 N–H and O–H groups in total. The normalized spacial score (nSPS) is 16.6. The topological polar surface area (TPSA) is 76.3 Å². The number of hydrogen-bond donors (Lipinski definition) is 1. The smallest absolute Gasteiger partial charge is 0.222 e. The molecule has 104 valence electrons. The number of aryl methyl sites for hydroxylation is 2. The summed E-state index contributed by atoms with van der Waals surface area (Å²) in [4.78, 5) is 29.3. The lowest BCUT2D eigenvalue weighted by Gasteiger charge is -2.30. The molecule has 1 aromatic rings. The van der Waals surface area contributed by atoms with Gasteiger partial charge in [0.05, 0.1) is 10.7 Å². The van der Waals surface area contributed by atoms with E-state index in [1.807, 2.05) is 17.2 Å². The maximum atomic E-state index is 12.0. The van der Waals surface area contributed by atoms with Gasteiger partial charge in [-0.05, 0) is 26.2 Å². The summed E-state index contributed by atoms with van der Waals surface area (Å²) in [7, 11) is 0. The van der Waals surface area contributed by atoms with Crippen molar-refractivity contribution in [2.24, 2.45) is 11.7 Å². The lowest BCUT2D eigenvalue weighted by Crippen LogP contribution is -2.41. The van der Waals surface area contributed by atoms with Crippen LogP contribution in [0.1, 0.15) is 30.0 Å². The Kier molecular flexibility index (Phi) is 4.52. The Morgan fingerprint density at radius 2 is 2.16 bits per heavy atom. The molecule has 1 aliphatic heterocycles. The number of carbonyl (C=O) groups excluding carboxylic acids is 2. The van der Waals surface area contributed by atoms with Crippen LogP contribution in [0.5, 0.6) is 0 Å². The average Bonchev–Trinajstić information content (AvgIpc) is 2.82. The molecular formula is C13H19N3O2S. The molecule has 2 rings (SSSR count). The summed E-state index contributed by atoms with van der Waals surface area (Å²) in [5.41, 5.74) is 6.27. The van der Waals surface area contributed by atoms with Gasteiger partial charge >= 0.3 is 0 Å². The van der Waals surface area contributed by atoms with Gasteiger partial charge in [0.25, 0.3) is 0 Å². The lowest BCUT2D eigenvalue weighted by molar-refractivity contribution is -0.134. The number of primary amides is 1. The summed E-state index contributed by atoms with van der Waals surface area (Å²) in [5.74, 6) is -0.163. The fourth-order valence-corrected chi connectivity index (χ4v) is 2.98. The van der Waals surface area contributed by atoms with Crippen LogP contribution in [0.4, 0.5) is 0 Å². The van der Waals surface area contributed by atoms with E-state index in [1.165, 1.54) is 0 Å². The fourth-order valence-electron chi connectivity index (χ4n) is 2.33. The third-order valence-electron chi connectivity index (χ3n) is 3.51. The molecule has 0 spiro atoms. The number of thiazole rings is 1. The summed E-state index contributed by atoms with van der Waals surface area (Å²) >= 11 is 1.61. The summed E-state index contributed by atoms with van der Waals surface area (Å²) in [6, 6.07) is 0. The molecule has 0 radical (unpaired) electrons. The van der Waals surface area contributed by atoms with Gasteiger partial charge < -0.3 is 10.6 Å². The monoisotopic (exact) mass is 281 g/mol. The second-order valence-electron chi connectivity index (χ2n) is 4.92. The summed E-state index contributed by atoms with van der Waals surface area (Å²) in [6.07, 6.45) is 2.57. The van der Waals surface area contributed by atoms with Crippen LogP contribution in [-0.4, -0.2) is 34.8 Å². The van der Waals surface area contributed by atoms with Crippen molar-refractivity contribution in [3.63, 3.8) is 0 Å². The molecule has 2 amide bonds. The molecule has 0 atom stereocenters. The molecule has 19 heavy (non-hydrogen) atoms. The van der Waals surface area contributed by atoms with E-state index in [0.29, 0.717) is 38.8 Å². The number of likely N-dealkylation sites (tertiary alicyclic amines) is 1. The average molecular weight is 281 g/mol. The minimum Gasteiger partial charge on any atom is -0.369 e. The number of nitrogens with zero attached hydrogens (tertiary/aromatic N) is 2. The van der Waals surface area contributed by atoms with Crippen LogP contribution >= 0.6 is 11.3 Å². The van der Waals surface area contributed by atoms with Gasteiger partial charge in [0.1, 0.15) is 0 Å². The van der Waals surface area contributed by atoms with Crippen molar-refractivity contribution >= 4 is 23.2 Å². The molecule has 1 saturated heterocycles. The zero-order valence-corrected chi connectivity index (χ0v) is 11.9. The third kappa shape index (κ3) is 3.76. The van der Waals surface area contributed by atoms with E-state index >= 15 is 0 Å². The SMILES string of the molecule is Cc1nc(CCC(=O)N2CCC(C(N)=O)CC2)cs1. The highest BCUT2D eigenvalue weighted by atomic mass is 32.1. The Hall–Kier alpha value is -1.43. The zero-order chi connectivity index (χ0) is 13.8. The van der Waals surface area contributed by atoms with E-state index < -0.39 is 0 Å². The van der Waals surface area contributed by atoms with Gasteiger partial charge in [-0.3, -0.25) is 9.59 Å². The minimum atomic E-state index is -0.245. The summed E-state index contributed by atoms with van der Waals surface area (Å²) < 4.78 is 0. The van der Waals surface area contributed by atoms with Crippen LogP contribution < -0.4 is 5.73 Å². The molecule has 0 unspecified atom stereocenters. The second kappa shape index (κ2) is 6.14. The summed E-state index contributed by atoms with van der Waals surface area (Å²) in [5, 5.41) is 3.03. The van der Waals surface area contributed by atoms with Crippen LogP contribution in [0.2, 0.25) is 0 Å². The third-order valence-corrected chi connectivity index (χ3v) is 4.33. The fraction of sp³-hybridized carbons (Fsp3) is 0.615. The Labute approximate surface area is 116 Å². The predicted molar refractivity (Wildman–Crippen MR) is 73.7 cm³/mol. The highest BCUT2D eigenvalue weighted by Crippen LogP contribution is 2.18. The molecule has 1 aliphatic rings. The molecule has 1 aromatic heterocycles. The van der Waals surface area contributed by atoms with Crippen molar-refractivity contribution in [3.05, 3.63) is 16.1 Å². The number of aromatic nitrogens is 1. The van der Waals surface area contributed by atoms with Crippen LogP contribution in [0.15, 0.2) is 5.38 Å². The minimum absolute atomic E-state index is 0.0646. The number of hydrogen-bond acceptors (Lipinski definition) is 4. The summed E-state index contributed by atoms with van der Waals surface area (Å²) in [6.45, 7) is 3.25. The van der Waals surface area contributed by atoms with Crippen molar-refractivity contribution in [2.75, 3.05) is 13.1 Å². The van der Waals surface area contributed by atoms with Gasteiger partial charge in [-0.2, -0.15) is 0 Å². The first-order valence-corrected chi connectivity index (χ1v) is 7.42. The molecule has 2 heterocycles. The molecule has 0 aliphatic carbocycles. The van der Waals surface area contributed by atoms with Crippen molar-refractivity contribution < 1.29 is 9.59 Å². The Morgan fingerprint density at radius 3 is 2.68 bits per heavy atom. The Bertz CT molecular complexity index is 464. The number of rotatable bonds is 4. The van der Waals surface area contributed by atoms with Crippen molar-refractivity contribution in [1.82, 2.24) is 9.88 Å². The van der Waals surface area contributed by atoms with E-state index in [2.05, 4.69) is 4.98 Å². The zero-order valence-electron chi connectivity index (χ0n) is 11.1.